The number of esters is 2. The maximum absolute atomic E-state index is 12.3. The Bertz CT molecular complexity index is 718. The summed E-state index contributed by atoms with van der Waals surface area (Å²) in [5.74, 6) is -0.739. The van der Waals surface area contributed by atoms with Crippen LogP contribution in [0.3, 0.4) is 0 Å². The number of rotatable bonds is 6. The number of aliphatic hydroxyl groups excluding tert-OH is 1. The predicted molar refractivity (Wildman–Crippen MR) is 90.8 cm³/mol. The van der Waals surface area contributed by atoms with Crippen LogP contribution >= 0.6 is 0 Å². The largest absolute Gasteiger partial charge is 0.491 e. The molecule has 0 unspecified atom stereocenters. The Morgan fingerprint density at radius 2 is 1.72 bits per heavy atom. The summed E-state index contributed by atoms with van der Waals surface area (Å²) in [4.78, 5) is 25.9. The SMILES string of the molecule is COC(=O)C1=C(C(=O)OC)N(c2ccc(OCCO)cc2)C=CC=C1. The van der Waals surface area contributed by atoms with E-state index in [2.05, 4.69) is 0 Å². The van der Waals surface area contributed by atoms with Gasteiger partial charge in [-0.2, -0.15) is 0 Å². The van der Waals surface area contributed by atoms with E-state index < -0.39 is 11.9 Å². The van der Waals surface area contributed by atoms with Crippen LogP contribution in [0.4, 0.5) is 5.69 Å². The number of anilines is 1. The Hall–Kier alpha value is -3.06. The molecule has 1 aromatic carbocycles. The van der Waals surface area contributed by atoms with Gasteiger partial charge in [0.05, 0.1) is 26.4 Å². The lowest BCUT2D eigenvalue weighted by Gasteiger charge is -2.23. The summed E-state index contributed by atoms with van der Waals surface area (Å²) in [6.07, 6.45) is 6.46. The molecule has 7 nitrogen and oxygen atoms in total. The minimum atomic E-state index is -0.669. The molecule has 0 aromatic heterocycles. The monoisotopic (exact) mass is 345 g/mol. The van der Waals surface area contributed by atoms with Crippen molar-refractivity contribution in [3.63, 3.8) is 0 Å². The van der Waals surface area contributed by atoms with Crippen LogP contribution in [-0.4, -0.2) is 44.5 Å². The van der Waals surface area contributed by atoms with E-state index in [0.717, 1.165) is 0 Å². The van der Waals surface area contributed by atoms with E-state index in [1.165, 1.54) is 25.2 Å². The Morgan fingerprint density at radius 3 is 2.32 bits per heavy atom. The summed E-state index contributed by atoms with van der Waals surface area (Å²) >= 11 is 0. The summed E-state index contributed by atoms with van der Waals surface area (Å²) < 4.78 is 14.9. The van der Waals surface area contributed by atoms with E-state index in [0.29, 0.717) is 11.4 Å². The quantitative estimate of drug-likeness (QED) is 0.783. The van der Waals surface area contributed by atoms with Gasteiger partial charge in [0.2, 0.25) is 0 Å². The molecule has 0 atom stereocenters. The molecule has 1 heterocycles. The van der Waals surface area contributed by atoms with E-state index in [1.807, 2.05) is 0 Å². The van der Waals surface area contributed by atoms with Crippen LogP contribution in [0.2, 0.25) is 0 Å². The molecule has 0 fully saturated rings. The minimum Gasteiger partial charge on any atom is -0.491 e. The second-order valence-corrected chi connectivity index (χ2v) is 4.88. The summed E-state index contributed by atoms with van der Waals surface area (Å²) in [6, 6.07) is 6.84. The summed E-state index contributed by atoms with van der Waals surface area (Å²) in [6.45, 7) is 0.104. The van der Waals surface area contributed by atoms with E-state index in [-0.39, 0.29) is 24.5 Å². The zero-order valence-corrected chi connectivity index (χ0v) is 14.0. The zero-order valence-electron chi connectivity index (χ0n) is 14.0. The summed E-state index contributed by atoms with van der Waals surface area (Å²) in [7, 11) is 2.49. The maximum atomic E-state index is 12.3. The first kappa shape index (κ1) is 18.3. The van der Waals surface area contributed by atoms with Crippen molar-refractivity contribution in [1.29, 1.82) is 0 Å². The van der Waals surface area contributed by atoms with Crippen molar-refractivity contribution >= 4 is 17.6 Å². The molecule has 25 heavy (non-hydrogen) atoms. The number of allylic oxidation sites excluding steroid dienone is 2. The third-order valence-electron chi connectivity index (χ3n) is 3.36. The van der Waals surface area contributed by atoms with Crippen LogP contribution in [0.1, 0.15) is 0 Å². The number of carbonyl (C=O) groups is 2. The van der Waals surface area contributed by atoms with Crippen LogP contribution in [0.25, 0.3) is 0 Å². The molecular formula is C18H19NO6. The molecule has 2 rings (SSSR count). The molecule has 132 valence electrons. The standard InChI is InChI=1S/C18H19NO6/c1-23-17(21)15-5-3-4-10-19(16(15)18(22)24-2)13-6-8-14(9-7-13)25-12-11-20/h3-10,20H,11-12H2,1-2H3. The highest BCUT2D eigenvalue weighted by Crippen LogP contribution is 2.27. The molecule has 0 aliphatic carbocycles. The molecule has 0 amide bonds. The lowest BCUT2D eigenvalue weighted by molar-refractivity contribution is -0.139. The van der Waals surface area contributed by atoms with Crippen molar-refractivity contribution in [2.45, 2.75) is 0 Å². The minimum absolute atomic E-state index is 0.0448. The molecule has 7 heteroatoms. The number of aliphatic hydroxyl groups is 1. The molecule has 1 aliphatic rings. The number of hydrogen-bond acceptors (Lipinski definition) is 7. The molecule has 0 saturated carbocycles. The van der Waals surface area contributed by atoms with E-state index in [9.17, 15) is 9.59 Å². The van der Waals surface area contributed by atoms with Gasteiger partial charge in [0.15, 0.2) is 0 Å². The van der Waals surface area contributed by atoms with Crippen molar-refractivity contribution < 1.29 is 28.9 Å². The van der Waals surface area contributed by atoms with E-state index >= 15 is 0 Å². The van der Waals surface area contributed by atoms with Crippen LogP contribution in [0.15, 0.2) is 60.0 Å². The van der Waals surface area contributed by atoms with E-state index in [1.54, 1.807) is 42.6 Å². The van der Waals surface area contributed by atoms with Crippen LogP contribution in [-0.2, 0) is 19.1 Å². The molecule has 0 radical (unpaired) electrons. The highest BCUT2D eigenvalue weighted by molar-refractivity contribution is 6.05. The van der Waals surface area contributed by atoms with Crippen LogP contribution in [0, 0.1) is 0 Å². The van der Waals surface area contributed by atoms with Crippen LogP contribution < -0.4 is 9.64 Å². The lowest BCUT2D eigenvalue weighted by atomic mass is 10.1. The summed E-state index contributed by atoms with van der Waals surface area (Å²) in [5.41, 5.74) is 0.751. The van der Waals surface area contributed by atoms with Crippen molar-refractivity contribution in [1.82, 2.24) is 0 Å². The second-order valence-electron chi connectivity index (χ2n) is 4.88. The van der Waals surface area contributed by atoms with Crippen molar-refractivity contribution in [3.05, 3.63) is 60.0 Å². The van der Waals surface area contributed by atoms with Gasteiger partial charge in [0.1, 0.15) is 18.1 Å². The third-order valence-corrected chi connectivity index (χ3v) is 3.36. The fourth-order valence-corrected chi connectivity index (χ4v) is 2.23. The first-order valence-corrected chi connectivity index (χ1v) is 7.51. The topological polar surface area (TPSA) is 85.3 Å². The van der Waals surface area contributed by atoms with Crippen molar-refractivity contribution in [2.75, 3.05) is 32.3 Å². The van der Waals surface area contributed by atoms with Crippen molar-refractivity contribution in [3.8, 4) is 5.75 Å². The molecule has 1 N–H and O–H groups in total. The number of benzene rings is 1. The maximum Gasteiger partial charge on any atom is 0.355 e. The Morgan fingerprint density at radius 1 is 1.04 bits per heavy atom. The molecule has 1 aromatic rings. The Labute approximate surface area is 145 Å². The van der Waals surface area contributed by atoms with Gasteiger partial charge in [-0.15, -0.1) is 0 Å². The number of nitrogens with zero attached hydrogens (tertiary/aromatic N) is 1. The normalized spacial score (nSPS) is 13.5. The van der Waals surface area contributed by atoms with Gasteiger partial charge in [-0.25, -0.2) is 9.59 Å². The first-order valence-electron chi connectivity index (χ1n) is 7.51. The van der Waals surface area contributed by atoms with Gasteiger partial charge in [-0.3, -0.25) is 0 Å². The molecule has 0 saturated heterocycles. The molecule has 1 aliphatic heterocycles. The smallest absolute Gasteiger partial charge is 0.355 e. The van der Waals surface area contributed by atoms with Gasteiger partial charge in [0, 0.05) is 11.9 Å². The van der Waals surface area contributed by atoms with Gasteiger partial charge in [0.25, 0.3) is 0 Å². The van der Waals surface area contributed by atoms with Gasteiger partial charge in [-0.05, 0) is 36.4 Å². The Balaban J connectivity index is 2.45. The van der Waals surface area contributed by atoms with Gasteiger partial charge < -0.3 is 24.2 Å². The number of methoxy groups -OCH3 is 2. The molecule has 0 spiro atoms. The van der Waals surface area contributed by atoms with Crippen molar-refractivity contribution in [2.24, 2.45) is 0 Å². The average molecular weight is 345 g/mol. The lowest BCUT2D eigenvalue weighted by Crippen LogP contribution is -2.26. The summed E-state index contributed by atoms with van der Waals surface area (Å²) in [5, 5.41) is 8.79. The second kappa shape index (κ2) is 8.70. The highest BCUT2D eigenvalue weighted by atomic mass is 16.5. The molecular weight excluding hydrogens is 326 g/mol. The van der Waals surface area contributed by atoms with Gasteiger partial charge in [-0.1, -0.05) is 6.08 Å². The zero-order chi connectivity index (χ0) is 18.2. The Kier molecular flexibility index (Phi) is 6.36. The highest BCUT2D eigenvalue weighted by Gasteiger charge is 2.27. The predicted octanol–water partition coefficient (Wildman–Crippen LogP) is 1.55. The average Bonchev–Trinajstić information content (AvgIpc) is 2.88. The first-order chi connectivity index (χ1) is 12.1. The third kappa shape index (κ3) is 4.27. The van der Waals surface area contributed by atoms with Crippen LogP contribution in [0.5, 0.6) is 5.75 Å². The number of carbonyl (C=O) groups excluding carboxylic acids is 2. The fourth-order valence-electron chi connectivity index (χ4n) is 2.23. The molecule has 0 bridgehead atoms. The van der Waals surface area contributed by atoms with E-state index in [4.69, 9.17) is 19.3 Å². The fraction of sp³-hybridized carbons (Fsp3) is 0.222. The number of ether oxygens (including phenoxy) is 3. The van der Waals surface area contributed by atoms with Gasteiger partial charge >= 0.3 is 11.9 Å². The number of hydrogen-bond donors (Lipinski definition) is 1.